The molecule has 3 nitrogen and oxygen atoms in total. The largest absolute Gasteiger partial charge is 0.496 e. The molecule has 2 aromatic carbocycles. The third-order valence-electron chi connectivity index (χ3n) is 3.51. The predicted molar refractivity (Wildman–Crippen MR) is 81.5 cm³/mol. The van der Waals surface area contributed by atoms with Crippen LogP contribution in [0.4, 0.5) is 0 Å². The van der Waals surface area contributed by atoms with Gasteiger partial charge < -0.3 is 15.2 Å². The SMILES string of the molecule is COc1cc(C(N)c2cc(C)ccc2OC)ccc1C. The first-order valence-electron chi connectivity index (χ1n) is 6.61. The Labute approximate surface area is 120 Å². The number of rotatable bonds is 4. The van der Waals surface area contributed by atoms with Crippen LogP contribution in [0.25, 0.3) is 0 Å². The van der Waals surface area contributed by atoms with Crippen LogP contribution in [0.2, 0.25) is 0 Å². The molecule has 0 aliphatic heterocycles. The zero-order chi connectivity index (χ0) is 14.7. The van der Waals surface area contributed by atoms with Crippen molar-refractivity contribution < 1.29 is 9.47 Å². The standard InChI is InChI=1S/C17H21NO2/c1-11-5-8-15(19-3)14(9-11)17(18)13-7-6-12(2)16(10-13)20-4/h5-10,17H,18H2,1-4H3. The van der Waals surface area contributed by atoms with Crippen molar-refractivity contribution in [3.63, 3.8) is 0 Å². The molecule has 106 valence electrons. The third-order valence-corrected chi connectivity index (χ3v) is 3.51. The minimum atomic E-state index is -0.237. The number of nitrogens with two attached hydrogens (primary N) is 1. The van der Waals surface area contributed by atoms with Crippen LogP contribution in [0.15, 0.2) is 36.4 Å². The molecule has 0 saturated carbocycles. The Morgan fingerprint density at radius 1 is 0.900 bits per heavy atom. The molecule has 0 spiro atoms. The third kappa shape index (κ3) is 2.78. The van der Waals surface area contributed by atoms with Gasteiger partial charge in [-0.15, -0.1) is 0 Å². The zero-order valence-corrected chi connectivity index (χ0v) is 12.4. The van der Waals surface area contributed by atoms with E-state index in [2.05, 4.69) is 6.07 Å². The molecule has 0 aromatic heterocycles. The summed E-state index contributed by atoms with van der Waals surface area (Å²) in [5, 5.41) is 0. The fraction of sp³-hybridized carbons (Fsp3) is 0.294. The Morgan fingerprint density at radius 2 is 1.60 bits per heavy atom. The maximum absolute atomic E-state index is 6.40. The first-order valence-corrected chi connectivity index (χ1v) is 6.61. The van der Waals surface area contributed by atoms with E-state index in [1.807, 2.05) is 44.2 Å². The Balaban J connectivity index is 2.45. The van der Waals surface area contributed by atoms with Crippen molar-refractivity contribution >= 4 is 0 Å². The van der Waals surface area contributed by atoms with Crippen molar-refractivity contribution in [1.82, 2.24) is 0 Å². The molecular weight excluding hydrogens is 250 g/mol. The van der Waals surface area contributed by atoms with Gasteiger partial charge in [0.2, 0.25) is 0 Å². The molecule has 3 heteroatoms. The molecule has 0 aliphatic rings. The molecule has 1 atom stereocenters. The number of benzene rings is 2. The van der Waals surface area contributed by atoms with E-state index in [0.29, 0.717) is 0 Å². The van der Waals surface area contributed by atoms with E-state index < -0.39 is 0 Å². The van der Waals surface area contributed by atoms with Gasteiger partial charge in [0.1, 0.15) is 11.5 Å². The fourth-order valence-electron chi connectivity index (χ4n) is 2.31. The number of ether oxygens (including phenoxy) is 2. The van der Waals surface area contributed by atoms with E-state index in [9.17, 15) is 0 Å². The van der Waals surface area contributed by atoms with Crippen LogP contribution in [-0.4, -0.2) is 14.2 Å². The summed E-state index contributed by atoms with van der Waals surface area (Å²) in [6, 6.07) is 11.8. The first kappa shape index (κ1) is 14.4. The average molecular weight is 271 g/mol. The maximum Gasteiger partial charge on any atom is 0.123 e. The smallest absolute Gasteiger partial charge is 0.123 e. The summed E-state index contributed by atoms with van der Waals surface area (Å²) in [6.45, 7) is 4.06. The van der Waals surface area contributed by atoms with Gasteiger partial charge in [-0.2, -0.15) is 0 Å². The molecule has 2 aromatic rings. The van der Waals surface area contributed by atoms with E-state index in [4.69, 9.17) is 15.2 Å². The van der Waals surface area contributed by atoms with Gasteiger partial charge >= 0.3 is 0 Å². The second kappa shape index (κ2) is 5.97. The number of aryl methyl sites for hydroxylation is 2. The first-order chi connectivity index (χ1) is 9.56. The van der Waals surface area contributed by atoms with E-state index in [1.165, 1.54) is 0 Å². The van der Waals surface area contributed by atoms with Gasteiger partial charge in [0.05, 0.1) is 20.3 Å². The summed E-state index contributed by atoms with van der Waals surface area (Å²) in [5.74, 6) is 1.66. The highest BCUT2D eigenvalue weighted by atomic mass is 16.5. The van der Waals surface area contributed by atoms with E-state index in [-0.39, 0.29) is 6.04 Å². The highest BCUT2D eigenvalue weighted by molar-refractivity contribution is 5.46. The van der Waals surface area contributed by atoms with Crippen LogP contribution in [-0.2, 0) is 0 Å². The monoisotopic (exact) mass is 271 g/mol. The lowest BCUT2D eigenvalue weighted by Gasteiger charge is -2.18. The van der Waals surface area contributed by atoms with Crippen LogP contribution in [0, 0.1) is 13.8 Å². The van der Waals surface area contributed by atoms with E-state index in [1.54, 1.807) is 14.2 Å². The van der Waals surface area contributed by atoms with Crippen LogP contribution in [0.1, 0.15) is 28.3 Å². The summed E-state index contributed by atoms with van der Waals surface area (Å²) in [5.41, 5.74) is 10.7. The topological polar surface area (TPSA) is 44.5 Å². The Morgan fingerprint density at radius 3 is 2.25 bits per heavy atom. The van der Waals surface area contributed by atoms with Crippen LogP contribution < -0.4 is 15.2 Å². The molecule has 2 N–H and O–H groups in total. The van der Waals surface area contributed by atoms with Crippen molar-refractivity contribution in [2.24, 2.45) is 5.73 Å². The number of methoxy groups -OCH3 is 2. The van der Waals surface area contributed by atoms with Crippen molar-refractivity contribution in [3.05, 3.63) is 58.7 Å². The van der Waals surface area contributed by atoms with Gasteiger partial charge in [-0.05, 0) is 37.1 Å². The van der Waals surface area contributed by atoms with Crippen molar-refractivity contribution in [2.75, 3.05) is 14.2 Å². The van der Waals surface area contributed by atoms with Crippen molar-refractivity contribution in [2.45, 2.75) is 19.9 Å². The highest BCUT2D eigenvalue weighted by Gasteiger charge is 2.15. The van der Waals surface area contributed by atoms with Gasteiger partial charge in [0.25, 0.3) is 0 Å². The number of hydrogen-bond acceptors (Lipinski definition) is 3. The summed E-state index contributed by atoms with van der Waals surface area (Å²) in [4.78, 5) is 0. The predicted octanol–water partition coefficient (Wildman–Crippen LogP) is 3.37. The van der Waals surface area contributed by atoms with Gasteiger partial charge in [-0.25, -0.2) is 0 Å². The fourth-order valence-corrected chi connectivity index (χ4v) is 2.31. The average Bonchev–Trinajstić information content (AvgIpc) is 2.47. The molecule has 20 heavy (non-hydrogen) atoms. The lowest BCUT2D eigenvalue weighted by molar-refractivity contribution is 0.406. The van der Waals surface area contributed by atoms with Gasteiger partial charge in [-0.1, -0.05) is 29.8 Å². The zero-order valence-electron chi connectivity index (χ0n) is 12.4. The Kier molecular flexibility index (Phi) is 4.30. The number of hydrogen-bond donors (Lipinski definition) is 1. The molecular formula is C17H21NO2. The van der Waals surface area contributed by atoms with E-state index >= 15 is 0 Å². The quantitative estimate of drug-likeness (QED) is 0.927. The summed E-state index contributed by atoms with van der Waals surface area (Å²) >= 11 is 0. The molecule has 2 rings (SSSR count). The summed E-state index contributed by atoms with van der Waals surface area (Å²) in [7, 11) is 3.33. The maximum atomic E-state index is 6.40. The van der Waals surface area contributed by atoms with Gasteiger partial charge in [0.15, 0.2) is 0 Å². The molecule has 0 aliphatic carbocycles. The van der Waals surface area contributed by atoms with Crippen LogP contribution in [0.3, 0.4) is 0 Å². The molecule has 0 bridgehead atoms. The summed E-state index contributed by atoms with van der Waals surface area (Å²) in [6.07, 6.45) is 0. The molecule has 0 radical (unpaired) electrons. The highest BCUT2D eigenvalue weighted by Crippen LogP contribution is 2.31. The second-order valence-corrected chi connectivity index (χ2v) is 4.95. The Hall–Kier alpha value is -2.00. The molecule has 0 amide bonds. The van der Waals surface area contributed by atoms with Crippen LogP contribution >= 0.6 is 0 Å². The minimum absolute atomic E-state index is 0.237. The molecule has 0 heterocycles. The minimum Gasteiger partial charge on any atom is -0.496 e. The second-order valence-electron chi connectivity index (χ2n) is 4.95. The van der Waals surface area contributed by atoms with E-state index in [0.717, 1.165) is 33.8 Å². The molecule has 0 saturated heterocycles. The normalized spacial score (nSPS) is 12.1. The molecule has 0 fully saturated rings. The van der Waals surface area contributed by atoms with Crippen molar-refractivity contribution in [3.8, 4) is 11.5 Å². The van der Waals surface area contributed by atoms with Gasteiger partial charge in [-0.3, -0.25) is 0 Å². The lowest BCUT2D eigenvalue weighted by atomic mass is 9.96. The van der Waals surface area contributed by atoms with Crippen molar-refractivity contribution in [1.29, 1.82) is 0 Å². The summed E-state index contributed by atoms with van der Waals surface area (Å²) < 4.78 is 10.8. The lowest BCUT2D eigenvalue weighted by Crippen LogP contribution is -2.13. The van der Waals surface area contributed by atoms with Crippen LogP contribution in [0.5, 0.6) is 11.5 Å². The van der Waals surface area contributed by atoms with Gasteiger partial charge in [0, 0.05) is 5.56 Å². The Bertz CT molecular complexity index is 608. The molecule has 1 unspecified atom stereocenters.